The lowest BCUT2D eigenvalue weighted by Gasteiger charge is -2.09. The Hall–Kier alpha value is -1.92. The van der Waals surface area contributed by atoms with Crippen molar-refractivity contribution >= 4 is 17.5 Å². The molecule has 1 atom stereocenters. The molecule has 23 heavy (non-hydrogen) atoms. The van der Waals surface area contributed by atoms with Gasteiger partial charge < -0.3 is 15.2 Å². The highest BCUT2D eigenvalue weighted by atomic mass is 35.5. The molecule has 0 spiro atoms. The second-order valence-corrected chi connectivity index (χ2v) is 6.03. The van der Waals surface area contributed by atoms with E-state index in [0.29, 0.717) is 36.1 Å². The predicted molar refractivity (Wildman–Crippen MR) is 86.3 cm³/mol. The van der Waals surface area contributed by atoms with Crippen molar-refractivity contribution in [3.8, 4) is 0 Å². The second-order valence-electron chi connectivity index (χ2n) is 5.60. The summed E-state index contributed by atoms with van der Waals surface area (Å²) in [6.07, 6.45) is 3.08. The average molecular weight is 335 g/mol. The minimum Gasteiger partial charge on any atom is -0.354 e. The monoisotopic (exact) mass is 334 g/mol. The number of hydrogen-bond acceptors (Lipinski definition) is 5. The highest BCUT2D eigenvalue weighted by molar-refractivity contribution is 6.30. The van der Waals surface area contributed by atoms with Gasteiger partial charge in [-0.25, -0.2) is 0 Å². The number of carbonyl (C=O) groups excluding carboxylic acids is 1. The van der Waals surface area contributed by atoms with E-state index in [9.17, 15) is 4.79 Å². The maximum absolute atomic E-state index is 11.9. The summed E-state index contributed by atoms with van der Waals surface area (Å²) in [6.45, 7) is 1.41. The van der Waals surface area contributed by atoms with Gasteiger partial charge >= 0.3 is 0 Å². The van der Waals surface area contributed by atoms with Gasteiger partial charge in [0.1, 0.15) is 0 Å². The summed E-state index contributed by atoms with van der Waals surface area (Å²) in [6, 6.07) is 7.49. The van der Waals surface area contributed by atoms with Crippen molar-refractivity contribution in [3.63, 3.8) is 0 Å². The van der Waals surface area contributed by atoms with Crippen LogP contribution in [0.1, 0.15) is 30.1 Å². The van der Waals surface area contributed by atoms with E-state index in [-0.39, 0.29) is 11.9 Å². The van der Waals surface area contributed by atoms with Gasteiger partial charge in [-0.2, -0.15) is 4.98 Å². The molecule has 0 aliphatic carbocycles. The van der Waals surface area contributed by atoms with E-state index in [4.69, 9.17) is 16.1 Å². The van der Waals surface area contributed by atoms with E-state index in [1.54, 1.807) is 0 Å². The van der Waals surface area contributed by atoms with E-state index < -0.39 is 0 Å². The number of aromatic nitrogens is 2. The quantitative estimate of drug-likeness (QED) is 0.841. The molecule has 122 valence electrons. The third-order valence-corrected chi connectivity index (χ3v) is 4.05. The van der Waals surface area contributed by atoms with Crippen LogP contribution in [0.3, 0.4) is 0 Å². The van der Waals surface area contributed by atoms with E-state index in [0.717, 1.165) is 24.9 Å². The summed E-state index contributed by atoms with van der Waals surface area (Å²) in [5.74, 6) is 1.21. The summed E-state index contributed by atoms with van der Waals surface area (Å²) in [4.78, 5) is 16.2. The lowest BCUT2D eigenvalue weighted by molar-refractivity contribution is -0.122. The predicted octanol–water partition coefficient (Wildman–Crippen LogP) is 1.72. The Bertz CT molecular complexity index is 650. The largest absolute Gasteiger partial charge is 0.354 e. The first-order chi connectivity index (χ1) is 11.2. The number of halogens is 1. The van der Waals surface area contributed by atoms with Crippen molar-refractivity contribution < 1.29 is 9.32 Å². The summed E-state index contributed by atoms with van der Waals surface area (Å²) in [7, 11) is 0. The Balaban J connectivity index is 1.45. The minimum atomic E-state index is -0.0573. The SMILES string of the molecule is O=C(NCCc1nc(Cc2ccc(Cl)cc2)no1)C1CCCN1. The van der Waals surface area contributed by atoms with Crippen molar-refractivity contribution in [1.82, 2.24) is 20.8 Å². The average Bonchev–Trinajstić information content (AvgIpc) is 3.21. The van der Waals surface area contributed by atoms with Crippen LogP contribution >= 0.6 is 11.6 Å². The molecule has 2 heterocycles. The Morgan fingerprint density at radius 1 is 1.39 bits per heavy atom. The Morgan fingerprint density at radius 3 is 2.96 bits per heavy atom. The molecule has 3 rings (SSSR count). The van der Waals surface area contributed by atoms with Crippen LogP contribution in [0, 0.1) is 0 Å². The smallest absolute Gasteiger partial charge is 0.237 e. The molecule has 1 aromatic carbocycles. The molecule has 1 aromatic heterocycles. The van der Waals surface area contributed by atoms with Crippen LogP contribution < -0.4 is 10.6 Å². The third kappa shape index (κ3) is 4.53. The number of carbonyl (C=O) groups is 1. The first-order valence-electron chi connectivity index (χ1n) is 7.78. The molecule has 1 amide bonds. The standard InChI is InChI=1S/C16H19ClN4O2/c17-12-5-3-11(4-6-12)10-14-20-15(23-21-14)7-9-19-16(22)13-2-1-8-18-13/h3-6,13,18H,1-2,7-10H2,(H,19,22). The van der Waals surface area contributed by atoms with Crippen LogP contribution in [0.15, 0.2) is 28.8 Å². The summed E-state index contributed by atoms with van der Waals surface area (Å²) in [5, 5.41) is 10.7. The van der Waals surface area contributed by atoms with Crippen LogP contribution in [-0.4, -0.2) is 35.2 Å². The van der Waals surface area contributed by atoms with Gasteiger partial charge in [0.15, 0.2) is 5.82 Å². The summed E-state index contributed by atoms with van der Waals surface area (Å²) >= 11 is 5.86. The summed E-state index contributed by atoms with van der Waals surface area (Å²) < 4.78 is 5.21. The van der Waals surface area contributed by atoms with Gasteiger partial charge in [-0.3, -0.25) is 4.79 Å². The molecule has 1 saturated heterocycles. The van der Waals surface area contributed by atoms with Gasteiger partial charge in [-0.1, -0.05) is 28.9 Å². The third-order valence-electron chi connectivity index (χ3n) is 3.80. The number of nitrogens with one attached hydrogen (secondary N) is 2. The molecule has 1 unspecified atom stereocenters. The lowest BCUT2D eigenvalue weighted by Crippen LogP contribution is -2.41. The van der Waals surface area contributed by atoms with Crippen LogP contribution in [0.2, 0.25) is 5.02 Å². The highest BCUT2D eigenvalue weighted by Gasteiger charge is 2.21. The highest BCUT2D eigenvalue weighted by Crippen LogP contribution is 2.12. The Kier molecular flexibility index (Phi) is 5.25. The van der Waals surface area contributed by atoms with Gasteiger partial charge in [0.05, 0.1) is 6.04 Å². The van der Waals surface area contributed by atoms with Crippen LogP contribution in [0.4, 0.5) is 0 Å². The first kappa shape index (κ1) is 16.0. The van der Waals surface area contributed by atoms with Crippen molar-refractivity contribution in [1.29, 1.82) is 0 Å². The zero-order valence-electron chi connectivity index (χ0n) is 12.7. The second kappa shape index (κ2) is 7.57. The van der Waals surface area contributed by atoms with E-state index in [1.165, 1.54) is 0 Å². The van der Waals surface area contributed by atoms with Gasteiger partial charge in [0.25, 0.3) is 0 Å². The molecule has 2 aromatic rings. The normalized spacial score (nSPS) is 17.3. The van der Waals surface area contributed by atoms with Gasteiger partial charge in [-0.05, 0) is 37.1 Å². The molecule has 2 N–H and O–H groups in total. The summed E-state index contributed by atoms with van der Waals surface area (Å²) in [5.41, 5.74) is 1.07. The van der Waals surface area contributed by atoms with E-state index in [1.807, 2.05) is 24.3 Å². The lowest BCUT2D eigenvalue weighted by atomic mass is 10.1. The number of nitrogens with zero attached hydrogens (tertiary/aromatic N) is 2. The maximum Gasteiger partial charge on any atom is 0.237 e. The maximum atomic E-state index is 11.9. The van der Waals surface area contributed by atoms with Crippen LogP contribution in [0.25, 0.3) is 0 Å². The molecule has 7 heteroatoms. The topological polar surface area (TPSA) is 80.1 Å². The van der Waals surface area contributed by atoms with Crippen molar-refractivity contribution in [2.45, 2.75) is 31.7 Å². The fraction of sp³-hybridized carbons (Fsp3) is 0.438. The zero-order chi connectivity index (χ0) is 16.1. The first-order valence-corrected chi connectivity index (χ1v) is 8.15. The fourth-order valence-electron chi connectivity index (χ4n) is 2.57. The van der Waals surface area contributed by atoms with Crippen molar-refractivity contribution in [2.24, 2.45) is 0 Å². The number of benzene rings is 1. The molecule has 0 saturated carbocycles. The minimum absolute atomic E-state index is 0.0448. The molecular weight excluding hydrogens is 316 g/mol. The molecule has 1 aliphatic rings. The molecule has 1 aliphatic heterocycles. The number of hydrogen-bond donors (Lipinski definition) is 2. The van der Waals surface area contributed by atoms with E-state index >= 15 is 0 Å². The number of rotatable bonds is 6. The molecule has 6 nitrogen and oxygen atoms in total. The number of amides is 1. The molecule has 0 radical (unpaired) electrons. The Labute approximate surface area is 139 Å². The van der Waals surface area contributed by atoms with Crippen molar-refractivity contribution in [2.75, 3.05) is 13.1 Å². The fourth-order valence-corrected chi connectivity index (χ4v) is 2.70. The van der Waals surface area contributed by atoms with Crippen LogP contribution in [0.5, 0.6) is 0 Å². The Morgan fingerprint density at radius 2 is 2.22 bits per heavy atom. The zero-order valence-corrected chi connectivity index (χ0v) is 13.5. The van der Waals surface area contributed by atoms with E-state index in [2.05, 4.69) is 20.8 Å². The molecule has 0 bridgehead atoms. The van der Waals surface area contributed by atoms with Crippen LogP contribution in [-0.2, 0) is 17.6 Å². The van der Waals surface area contributed by atoms with Gasteiger partial charge in [-0.15, -0.1) is 0 Å². The van der Waals surface area contributed by atoms with Gasteiger partial charge in [0.2, 0.25) is 11.8 Å². The van der Waals surface area contributed by atoms with Crippen molar-refractivity contribution in [3.05, 3.63) is 46.6 Å². The molecule has 1 fully saturated rings. The van der Waals surface area contributed by atoms with Gasteiger partial charge in [0, 0.05) is 24.4 Å². The molecular formula is C16H19ClN4O2.